The van der Waals surface area contributed by atoms with Gasteiger partial charge in [0.15, 0.2) is 0 Å². The topological polar surface area (TPSA) is 26.0 Å². The summed E-state index contributed by atoms with van der Waals surface area (Å²) in [5, 5.41) is 0. The Morgan fingerprint density at radius 1 is 1.71 bits per heavy atom. The molecule has 0 aliphatic heterocycles. The number of hydrogen-bond acceptors (Lipinski definition) is 2. The van der Waals surface area contributed by atoms with Gasteiger partial charge in [-0.25, -0.2) is 0 Å². The highest BCUT2D eigenvalue weighted by Gasteiger charge is 2.07. The van der Waals surface area contributed by atoms with E-state index in [-0.39, 0.29) is 4.87 Å². The molecule has 0 spiro atoms. The van der Waals surface area contributed by atoms with E-state index in [2.05, 4.69) is 6.92 Å². The van der Waals surface area contributed by atoms with E-state index in [1.807, 2.05) is 13.8 Å². The summed E-state index contributed by atoms with van der Waals surface area (Å²) in [6, 6.07) is 0. The molecule has 0 aromatic rings. The van der Waals surface area contributed by atoms with Crippen LogP contribution in [0.3, 0.4) is 0 Å². The monoisotopic (exact) mass is 118 g/mol. The summed E-state index contributed by atoms with van der Waals surface area (Å²) < 4.78 is 0. The van der Waals surface area contributed by atoms with E-state index in [1.54, 1.807) is 11.8 Å². The van der Waals surface area contributed by atoms with Gasteiger partial charge in [-0.3, -0.25) is 0 Å². The largest absolute Gasteiger partial charge is 0.317 e. The van der Waals surface area contributed by atoms with Crippen LogP contribution in [0, 0.1) is 6.92 Å². The lowest BCUT2D eigenvalue weighted by atomic mass is 10.4. The van der Waals surface area contributed by atoms with Crippen molar-refractivity contribution >= 4 is 11.8 Å². The Labute approximate surface area is 49.7 Å². The molecule has 0 amide bonds. The van der Waals surface area contributed by atoms with Gasteiger partial charge in [0.25, 0.3) is 0 Å². The Hall–Kier alpha value is 0.310. The highest BCUT2D eigenvalue weighted by Crippen LogP contribution is 2.15. The summed E-state index contributed by atoms with van der Waals surface area (Å²) >= 11 is 1.66. The molecule has 0 unspecified atom stereocenters. The van der Waals surface area contributed by atoms with Crippen LogP contribution < -0.4 is 5.73 Å². The Morgan fingerprint density at radius 2 is 2.14 bits per heavy atom. The van der Waals surface area contributed by atoms with Crippen molar-refractivity contribution in [3.05, 3.63) is 6.92 Å². The number of thioether (sulfide) groups is 1. The first-order chi connectivity index (χ1) is 3.06. The summed E-state index contributed by atoms with van der Waals surface area (Å²) in [7, 11) is 0. The van der Waals surface area contributed by atoms with Gasteiger partial charge < -0.3 is 5.73 Å². The van der Waals surface area contributed by atoms with Crippen LogP contribution in [0.5, 0.6) is 0 Å². The van der Waals surface area contributed by atoms with Crippen LogP contribution in [0.1, 0.15) is 13.8 Å². The molecule has 0 aromatic carbocycles. The number of rotatable bonds is 2. The van der Waals surface area contributed by atoms with Crippen molar-refractivity contribution in [2.45, 2.75) is 18.7 Å². The van der Waals surface area contributed by atoms with Crippen LogP contribution in [-0.2, 0) is 0 Å². The highest BCUT2D eigenvalue weighted by atomic mass is 32.2. The molecule has 0 aliphatic carbocycles. The zero-order valence-electron chi connectivity index (χ0n) is 4.90. The number of hydrogen-bond donors (Lipinski definition) is 1. The van der Waals surface area contributed by atoms with Gasteiger partial charge in [0.2, 0.25) is 0 Å². The van der Waals surface area contributed by atoms with Crippen molar-refractivity contribution in [3.8, 4) is 0 Å². The number of nitrogens with two attached hydrogens (primary N) is 1. The molecule has 7 heavy (non-hydrogen) atoms. The second-order valence-corrected chi connectivity index (χ2v) is 3.70. The predicted molar refractivity (Wildman–Crippen MR) is 36.1 cm³/mol. The van der Waals surface area contributed by atoms with E-state index in [0.717, 1.165) is 5.75 Å². The third-order valence-corrected chi connectivity index (χ3v) is 1.42. The summed E-state index contributed by atoms with van der Waals surface area (Å²) in [6.07, 6.45) is 0. The molecule has 0 aromatic heterocycles. The van der Waals surface area contributed by atoms with Gasteiger partial charge in [-0.05, 0) is 26.5 Å². The van der Waals surface area contributed by atoms with Gasteiger partial charge in [-0.1, -0.05) is 0 Å². The quantitative estimate of drug-likeness (QED) is 0.552. The highest BCUT2D eigenvalue weighted by molar-refractivity contribution is 8.00. The first-order valence-corrected chi connectivity index (χ1v) is 3.27. The average Bonchev–Trinajstić information content (AvgIpc) is 1.30. The lowest BCUT2D eigenvalue weighted by Crippen LogP contribution is -2.27. The molecule has 0 atom stereocenters. The molecular weight excluding hydrogens is 106 g/mol. The van der Waals surface area contributed by atoms with Gasteiger partial charge in [-0.2, -0.15) is 0 Å². The van der Waals surface area contributed by atoms with Gasteiger partial charge in [0, 0.05) is 0 Å². The van der Waals surface area contributed by atoms with Gasteiger partial charge >= 0.3 is 0 Å². The second-order valence-electron chi connectivity index (χ2n) is 1.95. The van der Waals surface area contributed by atoms with Crippen molar-refractivity contribution in [3.63, 3.8) is 0 Å². The summed E-state index contributed by atoms with van der Waals surface area (Å²) in [5.41, 5.74) is 5.57. The minimum Gasteiger partial charge on any atom is -0.317 e. The van der Waals surface area contributed by atoms with Crippen molar-refractivity contribution in [1.29, 1.82) is 0 Å². The minimum atomic E-state index is -0.0955. The van der Waals surface area contributed by atoms with E-state index in [9.17, 15) is 0 Å². The molecule has 0 heterocycles. The summed E-state index contributed by atoms with van der Waals surface area (Å²) in [4.78, 5) is -0.0955. The zero-order valence-corrected chi connectivity index (χ0v) is 5.72. The fourth-order valence-corrected chi connectivity index (χ4v) is 0.789. The maximum Gasteiger partial charge on any atom is 0.0563 e. The molecule has 0 aliphatic rings. The molecule has 0 saturated carbocycles. The van der Waals surface area contributed by atoms with Gasteiger partial charge in [-0.15, -0.1) is 11.8 Å². The van der Waals surface area contributed by atoms with Crippen LogP contribution in [0.2, 0.25) is 0 Å². The Balaban J connectivity index is 3.15. The van der Waals surface area contributed by atoms with Crippen molar-refractivity contribution in [2.75, 3.05) is 5.75 Å². The standard InChI is InChI=1S/C5H12NS/c1-4-7-5(2,3)6/h1,4,6H2,2-3H3. The normalized spacial score (nSPS) is 12.0. The van der Waals surface area contributed by atoms with Gasteiger partial charge in [0.1, 0.15) is 0 Å². The molecule has 0 rings (SSSR count). The lowest BCUT2D eigenvalue weighted by molar-refractivity contribution is 0.760. The van der Waals surface area contributed by atoms with E-state index >= 15 is 0 Å². The fourth-order valence-electron chi connectivity index (χ4n) is 0.263. The molecule has 1 radical (unpaired) electrons. The van der Waals surface area contributed by atoms with Gasteiger partial charge in [0.05, 0.1) is 4.87 Å². The summed E-state index contributed by atoms with van der Waals surface area (Å²) in [5.74, 6) is 0.851. The van der Waals surface area contributed by atoms with Crippen LogP contribution in [0.15, 0.2) is 0 Å². The Morgan fingerprint density at radius 3 is 2.14 bits per heavy atom. The van der Waals surface area contributed by atoms with Crippen LogP contribution in [-0.4, -0.2) is 10.6 Å². The smallest absolute Gasteiger partial charge is 0.0563 e. The molecule has 2 N–H and O–H groups in total. The molecule has 0 saturated heterocycles. The van der Waals surface area contributed by atoms with Crippen LogP contribution >= 0.6 is 11.8 Å². The third kappa shape index (κ3) is 6.31. The first-order valence-electron chi connectivity index (χ1n) is 2.28. The molecule has 43 valence electrons. The zero-order chi connectivity index (χ0) is 5.91. The van der Waals surface area contributed by atoms with Crippen molar-refractivity contribution in [1.82, 2.24) is 0 Å². The lowest BCUT2D eigenvalue weighted by Gasteiger charge is -2.15. The van der Waals surface area contributed by atoms with Crippen LogP contribution in [0.25, 0.3) is 0 Å². The van der Waals surface area contributed by atoms with E-state index in [0.29, 0.717) is 0 Å². The first kappa shape index (κ1) is 7.31. The second kappa shape index (κ2) is 2.58. The predicted octanol–water partition coefficient (Wildman–Crippen LogP) is 1.25. The van der Waals surface area contributed by atoms with E-state index in [4.69, 9.17) is 5.73 Å². The molecule has 0 bridgehead atoms. The summed E-state index contributed by atoms with van der Waals surface area (Å²) in [6.45, 7) is 7.60. The fraction of sp³-hybridized carbons (Fsp3) is 0.800. The maximum absolute atomic E-state index is 5.57. The molecular formula is C5H12NS. The van der Waals surface area contributed by atoms with E-state index in [1.165, 1.54) is 0 Å². The molecule has 2 heteroatoms. The SMILES string of the molecule is [CH2]CSC(C)(C)N. The van der Waals surface area contributed by atoms with Crippen molar-refractivity contribution in [2.24, 2.45) is 5.73 Å². The molecule has 0 fully saturated rings. The third-order valence-electron chi connectivity index (χ3n) is 0.474. The maximum atomic E-state index is 5.57. The van der Waals surface area contributed by atoms with E-state index < -0.39 is 0 Å². The van der Waals surface area contributed by atoms with Crippen molar-refractivity contribution < 1.29 is 0 Å². The Bertz CT molecular complexity index is 46.5. The molecule has 1 nitrogen and oxygen atoms in total. The Kier molecular flexibility index (Phi) is 2.69. The average molecular weight is 118 g/mol. The van der Waals surface area contributed by atoms with Crippen LogP contribution in [0.4, 0.5) is 0 Å². The minimum absolute atomic E-state index is 0.0955.